The zero-order valence-corrected chi connectivity index (χ0v) is 14.0. The minimum Gasteiger partial charge on any atom is -0.353 e. The van der Waals surface area contributed by atoms with Crippen molar-refractivity contribution in [2.24, 2.45) is 5.73 Å². The third-order valence-corrected chi connectivity index (χ3v) is 5.27. The Labute approximate surface area is 147 Å². The summed E-state index contributed by atoms with van der Waals surface area (Å²) in [6.45, 7) is 1.17. The molecular weight excluding hydrogens is 337 g/mol. The summed E-state index contributed by atoms with van der Waals surface area (Å²) in [5, 5.41) is 0.204. The van der Waals surface area contributed by atoms with E-state index in [2.05, 4.69) is 9.97 Å². The lowest BCUT2D eigenvalue weighted by Gasteiger charge is -2.20. The van der Waals surface area contributed by atoms with E-state index in [4.69, 9.17) is 5.73 Å². The van der Waals surface area contributed by atoms with Crippen LogP contribution in [0, 0.1) is 5.82 Å². The van der Waals surface area contributed by atoms with Crippen molar-refractivity contribution >= 4 is 27.8 Å². The average Bonchev–Trinajstić information content (AvgIpc) is 3.35. The number of aromatic nitrogens is 3. The van der Waals surface area contributed by atoms with Crippen LogP contribution in [0.5, 0.6) is 0 Å². The van der Waals surface area contributed by atoms with Crippen molar-refractivity contribution in [3.63, 3.8) is 0 Å². The molecule has 1 aliphatic carbocycles. The zero-order valence-electron chi connectivity index (χ0n) is 14.0. The molecule has 1 aliphatic heterocycles. The fourth-order valence-corrected chi connectivity index (χ4v) is 3.86. The summed E-state index contributed by atoms with van der Waals surface area (Å²) in [5.74, 6) is -0.332. The second-order valence-electron chi connectivity index (χ2n) is 7.16. The number of nitrogens with zero attached hydrogens (tertiary/aromatic N) is 3. The molecule has 7 nitrogen and oxygen atoms in total. The van der Waals surface area contributed by atoms with Gasteiger partial charge in [-0.1, -0.05) is 0 Å². The van der Waals surface area contributed by atoms with E-state index < -0.39 is 16.8 Å². The van der Waals surface area contributed by atoms with E-state index in [-0.39, 0.29) is 28.7 Å². The van der Waals surface area contributed by atoms with Gasteiger partial charge in [0.05, 0.1) is 10.9 Å². The summed E-state index contributed by atoms with van der Waals surface area (Å²) in [5.41, 5.74) is 5.99. The number of rotatable bonds is 2. The van der Waals surface area contributed by atoms with Gasteiger partial charge in [-0.3, -0.25) is 9.59 Å². The molecule has 5 rings (SSSR count). The number of anilines is 1. The van der Waals surface area contributed by atoms with Gasteiger partial charge < -0.3 is 20.2 Å². The van der Waals surface area contributed by atoms with Gasteiger partial charge in [0, 0.05) is 31.4 Å². The lowest BCUT2D eigenvalue weighted by Crippen LogP contribution is -2.28. The molecule has 0 spiro atoms. The van der Waals surface area contributed by atoms with Crippen molar-refractivity contribution in [2.75, 3.05) is 18.0 Å². The maximum atomic E-state index is 14.7. The van der Waals surface area contributed by atoms with Crippen LogP contribution in [0.2, 0.25) is 0 Å². The van der Waals surface area contributed by atoms with Gasteiger partial charge in [0.2, 0.25) is 5.43 Å². The third kappa shape index (κ3) is 2.18. The van der Waals surface area contributed by atoms with Gasteiger partial charge in [-0.2, -0.15) is 0 Å². The number of aromatic amines is 1. The predicted molar refractivity (Wildman–Crippen MR) is 97.2 cm³/mol. The van der Waals surface area contributed by atoms with Crippen LogP contribution in [0.3, 0.4) is 0 Å². The molecule has 2 aliphatic rings. The first-order chi connectivity index (χ1) is 12.5. The lowest BCUT2D eigenvalue weighted by molar-refractivity contribution is 0.616. The smallest absolute Gasteiger partial charge is 0.261 e. The molecule has 0 bridgehead atoms. The van der Waals surface area contributed by atoms with Crippen molar-refractivity contribution in [1.82, 2.24) is 14.5 Å². The number of H-pyrrole nitrogens is 1. The number of pyridine rings is 3. The first-order valence-electron chi connectivity index (χ1n) is 8.81. The fourth-order valence-electron chi connectivity index (χ4n) is 3.86. The molecule has 0 amide bonds. The molecule has 1 unspecified atom stereocenters. The summed E-state index contributed by atoms with van der Waals surface area (Å²) >= 11 is 0. The number of hydrogen-bond donors (Lipinski definition) is 2. The first-order valence-corrected chi connectivity index (χ1v) is 8.81. The summed E-state index contributed by atoms with van der Waals surface area (Å²) < 4.78 is 16.7. The van der Waals surface area contributed by atoms with Crippen LogP contribution in [-0.2, 0) is 0 Å². The summed E-state index contributed by atoms with van der Waals surface area (Å²) in [4.78, 5) is 34.0. The maximum Gasteiger partial charge on any atom is 0.261 e. The van der Waals surface area contributed by atoms with Crippen LogP contribution >= 0.6 is 0 Å². The van der Waals surface area contributed by atoms with Gasteiger partial charge in [-0.15, -0.1) is 0 Å². The van der Waals surface area contributed by atoms with Crippen LogP contribution in [0.1, 0.15) is 25.3 Å². The van der Waals surface area contributed by atoms with Gasteiger partial charge in [0.15, 0.2) is 11.6 Å². The van der Waals surface area contributed by atoms with Gasteiger partial charge in [0.1, 0.15) is 11.0 Å². The van der Waals surface area contributed by atoms with E-state index in [0.29, 0.717) is 24.3 Å². The van der Waals surface area contributed by atoms with Crippen LogP contribution in [-0.4, -0.2) is 33.7 Å². The van der Waals surface area contributed by atoms with Gasteiger partial charge >= 0.3 is 0 Å². The van der Waals surface area contributed by atoms with E-state index in [9.17, 15) is 14.0 Å². The Bertz CT molecular complexity index is 1160. The van der Waals surface area contributed by atoms with Crippen molar-refractivity contribution in [3.8, 4) is 0 Å². The van der Waals surface area contributed by atoms with Crippen molar-refractivity contribution in [1.29, 1.82) is 0 Å². The molecule has 1 saturated heterocycles. The van der Waals surface area contributed by atoms with E-state index in [0.717, 1.165) is 19.3 Å². The molecule has 8 heteroatoms. The summed E-state index contributed by atoms with van der Waals surface area (Å²) in [6.07, 6.45) is 4.20. The molecule has 0 radical (unpaired) electrons. The number of nitrogens with one attached hydrogen (secondary N) is 1. The number of fused-ring (bicyclic) bond motifs is 2. The second-order valence-corrected chi connectivity index (χ2v) is 7.16. The Kier molecular flexibility index (Phi) is 3.21. The normalized spacial score (nSPS) is 20.4. The molecule has 3 aromatic heterocycles. The topological polar surface area (TPSA) is 97.0 Å². The highest BCUT2D eigenvalue weighted by molar-refractivity contribution is 5.92. The Morgan fingerprint density at radius 1 is 1.27 bits per heavy atom. The quantitative estimate of drug-likeness (QED) is 0.675. The van der Waals surface area contributed by atoms with Crippen molar-refractivity contribution in [3.05, 3.63) is 44.7 Å². The van der Waals surface area contributed by atoms with Gasteiger partial charge in [-0.25, -0.2) is 9.37 Å². The van der Waals surface area contributed by atoms with Crippen LogP contribution in [0.25, 0.3) is 21.9 Å². The Hall–Kier alpha value is -2.74. The monoisotopic (exact) mass is 355 g/mol. The Morgan fingerprint density at radius 2 is 2.08 bits per heavy atom. The predicted octanol–water partition coefficient (Wildman–Crippen LogP) is 1.25. The fraction of sp³-hybridized carbons (Fsp3) is 0.389. The molecule has 26 heavy (non-hydrogen) atoms. The molecule has 134 valence electrons. The lowest BCUT2D eigenvalue weighted by atomic mass is 10.1. The van der Waals surface area contributed by atoms with Crippen LogP contribution in [0.15, 0.2) is 27.9 Å². The summed E-state index contributed by atoms with van der Waals surface area (Å²) in [7, 11) is 0. The molecule has 2 fully saturated rings. The van der Waals surface area contributed by atoms with E-state index in [1.54, 1.807) is 6.07 Å². The van der Waals surface area contributed by atoms with Gasteiger partial charge in [-0.05, 0) is 31.4 Å². The van der Waals surface area contributed by atoms with Gasteiger partial charge in [0.25, 0.3) is 5.56 Å². The number of nitrogens with two attached hydrogens (primary N) is 1. The molecule has 0 aromatic carbocycles. The number of hydrogen-bond acceptors (Lipinski definition) is 5. The largest absolute Gasteiger partial charge is 0.353 e. The van der Waals surface area contributed by atoms with Crippen molar-refractivity contribution in [2.45, 2.75) is 31.3 Å². The first kappa shape index (κ1) is 15.5. The Morgan fingerprint density at radius 3 is 2.77 bits per heavy atom. The van der Waals surface area contributed by atoms with Crippen LogP contribution < -0.4 is 21.6 Å². The highest BCUT2D eigenvalue weighted by Crippen LogP contribution is 2.39. The minimum absolute atomic E-state index is 0.00677. The van der Waals surface area contributed by atoms with E-state index in [1.807, 2.05) is 9.47 Å². The summed E-state index contributed by atoms with van der Waals surface area (Å²) in [6, 6.07) is 3.10. The molecular formula is C18H18FN5O2. The van der Waals surface area contributed by atoms with Crippen molar-refractivity contribution < 1.29 is 4.39 Å². The molecule has 1 saturated carbocycles. The molecule has 3 N–H and O–H groups in total. The van der Waals surface area contributed by atoms with Crippen LogP contribution in [0.4, 0.5) is 10.2 Å². The molecule has 3 aromatic rings. The SMILES string of the molecule is NC1CCN(c2nc3c(cc2F)c(=O)c2c(=O)[nH]ccc2n3C2CC2)C1. The second kappa shape index (κ2) is 5.38. The van der Waals surface area contributed by atoms with E-state index in [1.165, 1.54) is 12.3 Å². The average molecular weight is 355 g/mol. The third-order valence-electron chi connectivity index (χ3n) is 5.27. The number of halogens is 1. The molecule has 1 atom stereocenters. The minimum atomic E-state index is -0.558. The highest BCUT2D eigenvalue weighted by Gasteiger charge is 2.30. The standard InChI is InChI=1S/C18H18FN5O2/c19-12-7-11-15(25)14-13(3-5-21-18(14)26)24(10-1-2-10)16(11)22-17(12)23-6-4-9(20)8-23/h3,5,7,9-10H,1-2,4,6,8,20H2,(H,21,26). The van der Waals surface area contributed by atoms with E-state index >= 15 is 0 Å². The maximum absolute atomic E-state index is 14.7. The molecule has 4 heterocycles. The Balaban J connectivity index is 1.88. The highest BCUT2D eigenvalue weighted by atomic mass is 19.1. The zero-order chi connectivity index (χ0) is 18.0.